The van der Waals surface area contributed by atoms with E-state index < -0.39 is 0 Å². The zero-order chi connectivity index (χ0) is 12.0. The summed E-state index contributed by atoms with van der Waals surface area (Å²) < 4.78 is 5.38. The molecule has 2 nitrogen and oxygen atoms in total. The second-order valence-electron chi connectivity index (χ2n) is 4.95. The lowest BCUT2D eigenvalue weighted by Gasteiger charge is -2.24. The Labute approximate surface area is 98.8 Å². The average molecular weight is 221 g/mol. The highest BCUT2D eigenvalue weighted by atomic mass is 16.5. The minimum Gasteiger partial charge on any atom is -0.379 e. The molecule has 0 saturated heterocycles. The number of hydrogen-bond donors (Lipinski definition) is 1. The molecule has 16 heavy (non-hydrogen) atoms. The predicted octanol–water partition coefficient (Wildman–Crippen LogP) is 2.76. The zero-order valence-electron chi connectivity index (χ0n) is 10.6. The molecule has 1 atom stereocenters. The first-order chi connectivity index (χ1) is 7.53. The Kier molecular flexibility index (Phi) is 4.97. The Morgan fingerprint density at radius 1 is 1.25 bits per heavy atom. The largest absolute Gasteiger partial charge is 0.379 e. The van der Waals surface area contributed by atoms with Gasteiger partial charge >= 0.3 is 0 Å². The van der Waals surface area contributed by atoms with Crippen LogP contribution >= 0.6 is 0 Å². The highest BCUT2D eigenvalue weighted by Gasteiger charge is 2.17. The van der Waals surface area contributed by atoms with Gasteiger partial charge in [-0.2, -0.15) is 0 Å². The van der Waals surface area contributed by atoms with E-state index in [1.165, 1.54) is 5.56 Å². The van der Waals surface area contributed by atoms with Crippen LogP contribution in [0.5, 0.6) is 0 Å². The fourth-order valence-corrected chi connectivity index (χ4v) is 1.65. The van der Waals surface area contributed by atoms with E-state index >= 15 is 0 Å². The van der Waals surface area contributed by atoms with Gasteiger partial charge in [0.1, 0.15) is 0 Å². The lowest BCUT2D eigenvalue weighted by Crippen LogP contribution is -2.29. The third-order valence-electron chi connectivity index (χ3n) is 3.01. The van der Waals surface area contributed by atoms with Crippen LogP contribution in [-0.4, -0.2) is 18.8 Å². The molecule has 0 spiro atoms. The Morgan fingerprint density at radius 2 is 1.88 bits per heavy atom. The maximum atomic E-state index is 6.11. The van der Waals surface area contributed by atoms with Gasteiger partial charge in [0.05, 0.1) is 5.60 Å². The first kappa shape index (κ1) is 13.2. The molecule has 0 aliphatic rings. The lowest BCUT2D eigenvalue weighted by atomic mass is 9.96. The first-order valence-electron chi connectivity index (χ1n) is 5.88. The molecule has 0 fully saturated rings. The van der Waals surface area contributed by atoms with Gasteiger partial charge < -0.3 is 10.5 Å². The minimum absolute atomic E-state index is 0.0612. The summed E-state index contributed by atoms with van der Waals surface area (Å²) in [5.74, 6) is 0. The molecule has 1 unspecified atom stereocenters. The number of ether oxygens (including phenoxy) is 1. The molecule has 0 radical (unpaired) electrons. The molecule has 0 aromatic heterocycles. The van der Waals surface area contributed by atoms with Crippen molar-refractivity contribution in [2.24, 2.45) is 5.73 Å². The number of rotatable bonds is 6. The zero-order valence-corrected chi connectivity index (χ0v) is 10.6. The van der Waals surface area contributed by atoms with E-state index in [0.29, 0.717) is 0 Å². The van der Waals surface area contributed by atoms with Crippen LogP contribution in [0.2, 0.25) is 0 Å². The second-order valence-corrected chi connectivity index (χ2v) is 4.95. The van der Waals surface area contributed by atoms with Crippen LogP contribution in [0.3, 0.4) is 0 Å². The van der Waals surface area contributed by atoms with Crippen molar-refractivity contribution in [3.8, 4) is 0 Å². The van der Waals surface area contributed by atoms with Crippen LogP contribution in [0.1, 0.15) is 32.3 Å². The topological polar surface area (TPSA) is 35.2 Å². The smallest absolute Gasteiger partial charge is 0.0623 e. The summed E-state index contributed by atoms with van der Waals surface area (Å²) in [6.45, 7) is 4.20. The molecule has 0 aliphatic carbocycles. The number of hydrogen-bond acceptors (Lipinski definition) is 2. The lowest BCUT2D eigenvalue weighted by molar-refractivity contribution is 0.0125. The van der Waals surface area contributed by atoms with E-state index in [2.05, 4.69) is 38.1 Å². The van der Waals surface area contributed by atoms with Crippen molar-refractivity contribution in [2.75, 3.05) is 7.11 Å². The fourth-order valence-electron chi connectivity index (χ4n) is 1.65. The van der Waals surface area contributed by atoms with Crippen LogP contribution in [-0.2, 0) is 11.2 Å². The fraction of sp³-hybridized carbons (Fsp3) is 0.571. The van der Waals surface area contributed by atoms with Crippen molar-refractivity contribution in [2.45, 2.75) is 44.8 Å². The molecule has 1 aromatic carbocycles. The third-order valence-corrected chi connectivity index (χ3v) is 3.01. The van der Waals surface area contributed by atoms with E-state index in [1.54, 1.807) is 7.11 Å². The monoisotopic (exact) mass is 221 g/mol. The van der Waals surface area contributed by atoms with Gasteiger partial charge in [0.25, 0.3) is 0 Å². The van der Waals surface area contributed by atoms with Gasteiger partial charge in [-0.3, -0.25) is 0 Å². The first-order valence-corrected chi connectivity index (χ1v) is 5.88. The summed E-state index contributed by atoms with van der Waals surface area (Å²) in [5, 5.41) is 0. The van der Waals surface area contributed by atoms with Gasteiger partial charge in [0.15, 0.2) is 0 Å². The van der Waals surface area contributed by atoms with Crippen molar-refractivity contribution in [1.82, 2.24) is 0 Å². The molecule has 90 valence electrons. The Hall–Kier alpha value is -0.860. The maximum Gasteiger partial charge on any atom is 0.0623 e. The quantitative estimate of drug-likeness (QED) is 0.801. The molecule has 2 N–H and O–H groups in total. The maximum absolute atomic E-state index is 6.11. The molecule has 0 amide bonds. The molecule has 1 aromatic rings. The van der Waals surface area contributed by atoms with Gasteiger partial charge in [-0.1, -0.05) is 30.3 Å². The highest BCUT2D eigenvalue weighted by Crippen LogP contribution is 2.17. The average Bonchev–Trinajstić information content (AvgIpc) is 2.28. The normalized spacial score (nSPS) is 13.8. The third kappa shape index (κ3) is 4.77. The molecule has 0 heterocycles. The van der Waals surface area contributed by atoms with Crippen LogP contribution in [0.4, 0.5) is 0 Å². The summed E-state index contributed by atoms with van der Waals surface area (Å²) in [5.41, 5.74) is 7.36. The van der Waals surface area contributed by atoms with Gasteiger partial charge in [-0.05, 0) is 38.7 Å². The Balaban J connectivity index is 2.34. The summed E-state index contributed by atoms with van der Waals surface area (Å²) in [7, 11) is 1.75. The SMILES string of the molecule is COC(C)(C)CCC(N)Cc1ccccc1. The number of methoxy groups -OCH3 is 1. The standard InChI is InChI=1S/C14H23NO/c1-14(2,16-3)10-9-13(15)11-12-7-5-4-6-8-12/h4-8,13H,9-11,15H2,1-3H3. The molecule has 1 rings (SSSR count). The molecular formula is C14H23NO. The molecule has 0 aliphatic heterocycles. The van der Waals surface area contributed by atoms with Crippen molar-refractivity contribution in [3.05, 3.63) is 35.9 Å². The van der Waals surface area contributed by atoms with E-state index in [9.17, 15) is 0 Å². The van der Waals surface area contributed by atoms with E-state index in [4.69, 9.17) is 10.5 Å². The number of nitrogens with two attached hydrogens (primary N) is 1. The minimum atomic E-state index is -0.0612. The summed E-state index contributed by atoms with van der Waals surface area (Å²) >= 11 is 0. The van der Waals surface area contributed by atoms with Crippen LogP contribution in [0.25, 0.3) is 0 Å². The van der Waals surface area contributed by atoms with E-state index in [0.717, 1.165) is 19.3 Å². The summed E-state index contributed by atoms with van der Waals surface area (Å²) in [6, 6.07) is 10.6. The highest BCUT2D eigenvalue weighted by molar-refractivity contribution is 5.15. The van der Waals surface area contributed by atoms with E-state index in [1.807, 2.05) is 6.07 Å². The van der Waals surface area contributed by atoms with Crippen LogP contribution in [0.15, 0.2) is 30.3 Å². The summed E-state index contributed by atoms with van der Waals surface area (Å²) in [6.07, 6.45) is 2.94. The van der Waals surface area contributed by atoms with Crippen LogP contribution in [0, 0.1) is 0 Å². The number of benzene rings is 1. The van der Waals surface area contributed by atoms with Gasteiger partial charge in [-0.15, -0.1) is 0 Å². The van der Waals surface area contributed by atoms with Gasteiger partial charge in [0, 0.05) is 13.2 Å². The van der Waals surface area contributed by atoms with E-state index in [-0.39, 0.29) is 11.6 Å². The van der Waals surface area contributed by atoms with Gasteiger partial charge in [-0.25, -0.2) is 0 Å². The van der Waals surface area contributed by atoms with Crippen molar-refractivity contribution < 1.29 is 4.74 Å². The van der Waals surface area contributed by atoms with Crippen molar-refractivity contribution >= 4 is 0 Å². The second kappa shape index (κ2) is 6.02. The molecule has 0 bridgehead atoms. The predicted molar refractivity (Wildman–Crippen MR) is 68.4 cm³/mol. The van der Waals surface area contributed by atoms with Crippen molar-refractivity contribution in [1.29, 1.82) is 0 Å². The summed E-state index contributed by atoms with van der Waals surface area (Å²) in [4.78, 5) is 0. The molecule has 2 heteroatoms. The Bertz CT molecular complexity index is 295. The van der Waals surface area contributed by atoms with Crippen molar-refractivity contribution in [3.63, 3.8) is 0 Å². The molecular weight excluding hydrogens is 198 g/mol. The Morgan fingerprint density at radius 3 is 2.44 bits per heavy atom. The molecule has 0 saturated carbocycles. The van der Waals surface area contributed by atoms with Gasteiger partial charge in [0.2, 0.25) is 0 Å². The van der Waals surface area contributed by atoms with Crippen LogP contribution < -0.4 is 5.73 Å².